The minimum Gasteiger partial charge on any atom is -0.309 e. The number of rotatable bonds is 3. The van der Waals surface area contributed by atoms with Gasteiger partial charge >= 0.3 is 0 Å². The molecule has 0 radical (unpaired) electrons. The Morgan fingerprint density at radius 3 is 1.85 bits per heavy atom. The Balaban J connectivity index is 1.07. The van der Waals surface area contributed by atoms with Crippen LogP contribution >= 0.6 is 0 Å². The van der Waals surface area contributed by atoms with Gasteiger partial charge in [-0.2, -0.15) is 0 Å². The SMILES string of the molecule is CC1(C)c2ccccc2-c2ccc(-c3nc(-c4ccc(-n5c6ccccc6c6ccc7c(c65)C(C)(C)c5ccccc5-7)cc4)nc4ccccc34)cc21. The molecule has 11 rings (SSSR count). The molecule has 0 unspecified atom stereocenters. The number of benzene rings is 7. The topological polar surface area (TPSA) is 30.7 Å². The molecule has 252 valence electrons. The van der Waals surface area contributed by atoms with Crippen LogP contribution in [0, 0.1) is 0 Å². The Morgan fingerprint density at radius 1 is 0.453 bits per heavy atom. The Hall–Kier alpha value is -6.32. The average Bonchev–Trinajstić information content (AvgIpc) is 3.74. The second-order valence-electron chi connectivity index (χ2n) is 15.8. The molecule has 0 fully saturated rings. The van der Waals surface area contributed by atoms with Crippen molar-refractivity contribution in [2.45, 2.75) is 38.5 Å². The van der Waals surface area contributed by atoms with E-state index < -0.39 is 0 Å². The molecule has 0 saturated carbocycles. The summed E-state index contributed by atoms with van der Waals surface area (Å²) in [6.45, 7) is 9.41. The molecule has 3 nitrogen and oxygen atoms in total. The highest BCUT2D eigenvalue weighted by molar-refractivity contribution is 6.13. The van der Waals surface area contributed by atoms with Crippen LogP contribution in [0.5, 0.6) is 0 Å². The average molecular weight is 680 g/mol. The first-order chi connectivity index (χ1) is 25.8. The minimum absolute atomic E-state index is 0.0889. The number of nitrogens with zero attached hydrogens (tertiary/aromatic N) is 3. The maximum atomic E-state index is 5.33. The molecule has 9 aromatic rings. The van der Waals surface area contributed by atoms with Crippen LogP contribution in [0.2, 0.25) is 0 Å². The lowest BCUT2D eigenvalue weighted by Crippen LogP contribution is -2.16. The fourth-order valence-electron chi connectivity index (χ4n) is 9.62. The van der Waals surface area contributed by atoms with Crippen molar-refractivity contribution < 1.29 is 0 Å². The zero-order valence-electron chi connectivity index (χ0n) is 30.3. The first-order valence-electron chi connectivity index (χ1n) is 18.6. The van der Waals surface area contributed by atoms with Crippen molar-refractivity contribution in [2.24, 2.45) is 0 Å². The van der Waals surface area contributed by atoms with Gasteiger partial charge in [-0.25, -0.2) is 9.97 Å². The molecule has 0 spiro atoms. The molecular formula is C50H37N3. The summed E-state index contributed by atoms with van der Waals surface area (Å²) in [5.41, 5.74) is 18.2. The molecule has 0 atom stereocenters. The molecule has 2 aliphatic carbocycles. The van der Waals surface area contributed by atoms with Crippen molar-refractivity contribution in [2.75, 3.05) is 0 Å². The van der Waals surface area contributed by atoms with Crippen molar-refractivity contribution in [3.05, 3.63) is 174 Å². The normalized spacial score (nSPS) is 14.7. The largest absolute Gasteiger partial charge is 0.309 e. The first kappa shape index (κ1) is 30.3. The third-order valence-electron chi connectivity index (χ3n) is 12.2. The predicted octanol–water partition coefficient (Wildman–Crippen LogP) is 12.7. The Morgan fingerprint density at radius 2 is 1.06 bits per heavy atom. The van der Waals surface area contributed by atoms with Gasteiger partial charge < -0.3 is 4.57 Å². The zero-order chi connectivity index (χ0) is 35.6. The van der Waals surface area contributed by atoms with Crippen molar-refractivity contribution in [1.82, 2.24) is 14.5 Å². The summed E-state index contributed by atoms with van der Waals surface area (Å²) >= 11 is 0. The number of hydrogen-bond donors (Lipinski definition) is 0. The van der Waals surface area contributed by atoms with E-state index in [9.17, 15) is 0 Å². The monoisotopic (exact) mass is 679 g/mol. The predicted molar refractivity (Wildman–Crippen MR) is 220 cm³/mol. The molecule has 53 heavy (non-hydrogen) atoms. The summed E-state index contributed by atoms with van der Waals surface area (Å²) in [7, 11) is 0. The summed E-state index contributed by atoms with van der Waals surface area (Å²) in [6.07, 6.45) is 0. The van der Waals surface area contributed by atoms with Crippen LogP contribution in [0.1, 0.15) is 49.9 Å². The molecule has 2 aromatic heterocycles. The van der Waals surface area contributed by atoms with Crippen LogP contribution in [-0.4, -0.2) is 14.5 Å². The van der Waals surface area contributed by atoms with Crippen LogP contribution in [-0.2, 0) is 10.8 Å². The van der Waals surface area contributed by atoms with E-state index in [1.807, 2.05) is 0 Å². The van der Waals surface area contributed by atoms with Gasteiger partial charge in [-0.15, -0.1) is 0 Å². The smallest absolute Gasteiger partial charge is 0.160 e. The molecule has 0 amide bonds. The number of hydrogen-bond acceptors (Lipinski definition) is 2. The van der Waals surface area contributed by atoms with Gasteiger partial charge in [-0.3, -0.25) is 0 Å². The summed E-state index contributed by atoms with van der Waals surface area (Å²) in [5.74, 6) is 0.730. The number of para-hydroxylation sites is 2. The van der Waals surface area contributed by atoms with E-state index in [0.717, 1.165) is 39.2 Å². The standard InChI is InChI=1S/C50H37N3/c1-49(2)40-17-9-5-13-33(40)35-26-23-31(29-42(35)49)46-39-16-7-11-19-43(39)51-48(52-46)30-21-24-32(25-22-30)53-44-20-12-8-15-36(44)38-28-27-37-34-14-6-10-18-41(34)50(3,4)45(37)47(38)53/h5-29H,1-4H3. The van der Waals surface area contributed by atoms with E-state index in [1.165, 1.54) is 66.3 Å². The van der Waals surface area contributed by atoms with Crippen LogP contribution in [0.4, 0.5) is 0 Å². The van der Waals surface area contributed by atoms with Crippen molar-refractivity contribution in [1.29, 1.82) is 0 Å². The van der Waals surface area contributed by atoms with Crippen LogP contribution in [0.25, 0.3) is 83.3 Å². The molecule has 0 saturated heterocycles. The lowest BCUT2D eigenvalue weighted by molar-refractivity contribution is 0.660. The maximum absolute atomic E-state index is 5.33. The van der Waals surface area contributed by atoms with Crippen molar-refractivity contribution in [3.8, 4) is 50.6 Å². The van der Waals surface area contributed by atoms with Gasteiger partial charge in [0.1, 0.15) is 0 Å². The fraction of sp³-hybridized carbons (Fsp3) is 0.120. The Labute approximate surface area is 309 Å². The van der Waals surface area contributed by atoms with Crippen molar-refractivity contribution in [3.63, 3.8) is 0 Å². The lowest BCUT2D eigenvalue weighted by atomic mass is 9.81. The van der Waals surface area contributed by atoms with Crippen LogP contribution in [0.3, 0.4) is 0 Å². The molecule has 0 bridgehead atoms. The molecule has 3 heteroatoms. The van der Waals surface area contributed by atoms with E-state index in [-0.39, 0.29) is 10.8 Å². The third-order valence-corrected chi connectivity index (χ3v) is 12.2. The van der Waals surface area contributed by atoms with Gasteiger partial charge in [0.2, 0.25) is 0 Å². The highest BCUT2D eigenvalue weighted by atomic mass is 15.0. The molecule has 7 aromatic carbocycles. The highest BCUT2D eigenvalue weighted by Gasteiger charge is 2.39. The summed E-state index contributed by atoms with van der Waals surface area (Å²) in [6, 6.07) is 55.3. The fourth-order valence-corrected chi connectivity index (χ4v) is 9.62. The van der Waals surface area contributed by atoms with Crippen LogP contribution < -0.4 is 0 Å². The van der Waals surface area contributed by atoms with Gasteiger partial charge in [0.25, 0.3) is 0 Å². The summed E-state index contributed by atoms with van der Waals surface area (Å²) < 4.78 is 2.47. The lowest BCUT2D eigenvalue weighted by Gasteiger charge is -2.23. The summed E-state index contributed by atoms with van der Waals surface area (Å²) in [4.78, 5) is 10.5. The Kier molecular flexibility index (Phi) is 6.07. The zero-order valence-corrected chi connectivity index (χ0v) is 30.3. The van der Waals surface area contributed by atoms with Gasteiger partial charge in [0, 0.05) is 43.8 Å². The molecule has 0 N–H and O–H groups in total. The van der Waals surface area contributed by atoms with E-state index in [1.54, 1.807) is 0 Å². The van der Waals surface area contributed by atoms with E-state index in [4.69, 9.17) is 9.97 Å². The van der Waals surface area contributed by atoms with Gasteiger partial charge in [-0.1, -0.05) is 137 Å². The first-order valence-corrected chi connectivity index (χ1v) is 18.6. The van der Waals surface area contributed by atoms with Crippen LogP contribution in [0.15, 0.2) is 152 Å². The van der Waals surface area contributed by atoms with E-state index >= 15 is 0 Å². The summed E-state index contributed by atoms with van der Waals surface area (Å²) in [5, 5.41) is 3.61. The maximum Gasteiger partial charge on any atom is 0.160 e. The number of aromatic nitrogens is 3. The Bertz CT molecular complexity index is 3000. The minimum atomic E-state index is -0.137. The molecule has 2 heterocycles. The molecular weight excluding hydrogens is 643 g/mol. The molecule has 0 aliphatic heterocycles. The highest BCUT2D eigenvalue weighted by Crippen LogP contribution is 2.53. The van der Waals surface area contributed by atoms with Gasteiger partial charge in [0.05, 0.1) is 22.2 Å². The second kappa shape index (κ2) is 10.6. The second-order valence-corrected chi connectivity index (χ2v) is 15.8. The molecule has 2 aliphatic rings. The van der Waals surface area contributed by atoms with Gasteiger partial charge in [0.15, 0.2) is 5.82 Å². The van der Waals surface area contributed by atoms with Crippen molar-refractivity contribution >= 4 is 32.7 Å². The van der Waals surface area contributed by atoms with Gasteiger partial charge in [-0.05, 0) is 87.0 Å². The van der Waals surface area contributed by atoms with E-state index in [2.05, 4.69) is 184 Å². The third kappa shape index (κ3) is 4.11. The quantitative estimate of drug-likeness (QED) is 0.186. The van der Waals surface area contributed by atoms with E-state index in [0.29, 0.717) is 0 Å². The number of fused-ring (bicyclic) bond motifs is 11.